The molecule has 0 bridgehead atoms. The summed E-state index contributed by atoms with van der Waals surface area (Å²) in [6.07, 6.45) is 0.988. The summed E-state index contributed by atoms with van der Waals surface area (Å²) in [5, 5.41) is 2.95. The van der Waals surface area contributed by atoms with Gasteiger partial charge in [0.1, 0.15) is 0 Å². The lowest BCUT2D eigenvalue weighted by Crippen LogP contribution is -2.40. The Balaban J connectivity index is 1.83. The summed E-state index contributed by atoms with van der Waals surface area (Å²) >= 11 is 0. The van der Waals surface area contributed by atoms with Gasteiger partial charge in [0.2, 0.25) is 0 Å². The second-order valence-corrected chi connectivity index (χ2v) is 5.33. The lowest BCUT2D eigenvalue weighted by Gasteiger charge is -2.22. The van der Waals surface area contributed by atoms with E-state index in [0.717, 1.165) is 25.1 Å². The van der Waals surface area contributed by atoms with E-state index in [9.17, 15) is 4.79 Å². The maximum atomic E-state index is 12.0. The second-order valence-electron chi connectivity index (χ2n) is 5.33. The van der Waals surface area contributed by atoms with Gasteiger partial charge in [-0.1, -0.05) is 37.3 Å². The number of rotatable bonds is 3. The van der Waals surface area contributed by atoms with Crippen LogP contribution in [0.2, 0.25) is 0 Å². The number of amides is 2. The third-order valence-corrected chi connectivity index (χ3v) is 3.62. The Morgan fingerprint density at radius 2 is 2.17 bits per heavy atom. The van der Waals surface area contributed by atoms with Crippen molar-refractivity contribution in [2.45, 2.75) is 19.9 Å². The first-order chi connectivity index (χ1) is 8.63. The van der Waals surface area contributed by atoms with Crippen LogP contribution in [-0.4, -0.2) is 30.6 Å². The van der Waals surface area contributed by atoms with Crippen LogP contribution >= 0.6 is 0 Å². The molecule has 18 heavy (non-hydrogen) atoms. The van der Waals surface area contributed by atoms with E-state index in [1.165, 1.54) is 0 Å². The molecule has 2 amide bonds. The first-order valence-electron chi connectivity index (χ1n) is 6.40. The molecule has 1 fully saturated rings. The van der Waals surface area contributed by atoms with Gasteiger partial charge in [-0.05, 0) is 23.9 Å². The minimum Gasteiger partial charge on any atom is -0.334 e. The van der Waals surface area contributed by atoms with E-state index in [-0.39, 0.29) is 11.4 Å². The van der Waals surface area contributed by atoms with E-state index < -0.39 is 0 Å². The molecule has 1 aromatic carbocycles. The van der Waals surface area contributed by atoms with Crippen LogP contribution in [0.5, 0.6) is 0 Å². The highest BCUT2D eigenvalue weighted by molar-refractivity contribution is 5.74. The molecule has 1 atom stereocenters. The Morgan fingerprint density at radius 3 is 2.78 bits per heavy atom. The first-order valence-corrected chi connectivity index (χ1v) is 6.40. The average Bonchev–Trinajstić information content (AvgIpc) is 2.81. The third kappa shape index (κ3) is 3.01. The predicted molar refractivity (Wildman–Crippen MR) is 72.0 cm³/mol. The fourth-order valence-corrected chi connectivity index (χ4v) is 2.25. The summed E-state index contributed by atoms with van der Waals surface area (Å²) in [7, 11) is 0. The Bertz CT molecular complexity index is 407. The van der Waals surface area contributed by atoms with E-state index in [2.05, 4.69) is 12.2 Å². The molecule has 1 unspecified atom stereocenters. The van der Waals surface area contributed by atoms with E-state index >= 15 is 0 Å². The van der Waals surface area contributed by atoms with Crippen LogP contribution in [0.25, 0.3) is 0 Å². The molecule has 2 rings (SSSR count). The number of hydrogen-bond acceptors (Lipinski definition) is 2. The van der Waals surface area contributed by atoms with Gasteiger partial charge in [-0.15, -0.1) is 0 Å². The van der Waals surface area contributed by atoms with Crippen LogP contribution in [-0.2, 0) is 6.54 Å². The molecule has 1 saturated heterocycles. The zero-order valence-corrected chi connectivity index (χ0v) is 10.9. The molecule has 3 N–H and O–H groups in total. The maximum Gasteiger partial charge on any atom is 0.317 e. The molecule has 4 nitrogen and oxygen atoms in total. The van der Waals surface area contributed by atoms with Crippen molar-refractivity contribution in [2.75, 3.05) is 19.6 Å². The number of benzene rings is 1. The van der Waals surface area contributed by atoms with Gasteiger partial charge in [-0.2, -0.15) is 0 Å². The Kier molecular flexibility index (Phi) is 3.87. The zero-order valence-electron chi connectivity index (χ0n) is 10.9. The highest BCUT2D eigenvalue weighted by Crippen LogP contribution is 2.28. The molecule has 0 aliphatic carbocycles. The number of carbonyl (C=O) groups is 1. The Morgan fingerprint density at radius 1 is 1.44 bits per heavy atom. The van der Waals surface area contributed by atoms with Crippen LogP contribution < -0.4 is 11.1 Å². The number of carbonyl (C=O) groups excluding carboxylic acids is 1. The lowest BCUT2D eigenvalue weighted by atomic mass is 9.90. The van der Waals surface area contributed by atoms with Crippen molar-refractivity contribution in [1.82, 2.24) is 10.2 Å². The summed E-state index contributed by atoms with van der Waals surface area (Å²) in [6, 6.07) is 9.95. The van der Waals surface area contributed by atoms with Gasteiger partial charge in [-0.3, -0.25) is 0 Å². The van der Waals surface area contributed by atoms with E-state index in [1.54, 1.807) is 0 Å². The van der Waals surface area contributed by atoms with E-state index in [1.807, 2.05) is 35.2 Å². The number of nitrogens with one attached hydrogen (secondary N) is 1. The van der Waals surface area contributed by atoms with Crippen molar-refractivity contribution in [3.8, 4) is 0 Å². The van der Waals surface area contributed by atoms with Gasteiger partial charge < -0.3 is 16.0 Å². The predicted octanol–water partition coefficient (Wildman–Crippen LogP) is 1.57. The van der Waals surface area contributed by atoms with E-state index in [4.69, 9.17) is 5.73 Å². The topological polar surface area (TPSA) is 58.4 Å². The number of nitrogens with two attached hydrogens (primary N) is 1. The van der Waals surface area contributed by atoms with Gasteiger partial charge in [0, 0.05) is 19.6 Å². The van der Waals surface area contributed by atoms with Crippen molar-refractivity contribution in [3.63, 3.8) is 0 Å². The summed E-state index contributed by atoms with van der Waals surface area (Å²) in [6.45, 7) is 4.90. The number of nitrogens with zero attached hydrogens (tertiary/aromatic N) is 1. The quantitative estimate of drug-likeness (QED) is 0.851. The van der Waals surface area contributed by atoms with Crippen molar-refractivity contribution in [2.24, 2.45) is 11.1 Å². The maximum absolute atomic E-state index is 12.0. The fourth-order valence-electron chi connectivity index (χ4n) is 2.25. The van der Waals surface area contributed by atoms with Gasteiger partial charge in [0.05, 0.1) is 0 Å². The van der Waals surface area contributed by atoms with Crippen LogP contribution in [0, 0.1) is 5.41 Å². The van der Waals surface area contributed by atoms with Gasteiger partial charge in [-0.25, -0.2) is 4.79 Å². The molecular formula is C14H21N3O. The van der Waals surface area contributed by atoms with Gasteiger partial charge >= 0.3 is 6.03 Å². The minimum atomic E-state index is 0.0102. The molecule has 0 radical (unpaired) electrons. The van der Waals surface area contributed by atoms with Crippen LogP contribution in [0.1, 0.15) is 18.9 Å². The summed E-state index contributed by atoms with van der Waals surface area (Å²) in [5.41, 5.74) is 6.94. The lowest BCUT2D eigenvalue weighted by molar-refractivity contribution is 0.202. The highest BCUT2D eigenvalue weighted by Gasteiger charge is 2.34. The standard InChI is InChI=1S/C14H21N3O/c1-14(10-15)7-8-17(11-14)13(18)16-9-12-5-3-2-4-6-12/h2-6H,7-11,15H2,1H3,(H,16,18). The van der Waals surface area contributed by atoms with Crippen molar-refractivity contribution in [3.05, 3.63) is 35.9 Å². The molecule has 1 heterocycles. The first kappa shape index (κ1) is 12.9. The third-order valence-electron chi connectivity index (χ3n) is 3.62. The smallest absolute Gasteiger partial charge is 0.317 e. The Hall–Kier alpha value is -1.55. The van der Waals surface area contributed by atoms with Crippen molar-refractivity contribution >= 4 is 6.03 Å². The summed E-state index contributed by atoms with van der Waals surface area (Å²) in [4.78, 5) is 13.9. The van der Waals surface area contributed by atoms with Crippen LogP contribution in [0.3, 0.4) is 0 Å². The van der Waals surface area contributed by atoms with Gasteiger partial charge in [0.25, 0.3) is 0 Å². The largest absolute Gasteiger partial charge is 0.334 e. The Labute approximate surface area is 108 Å². The number of likely N-dealkylation sites (tertiary alicyclic amines) is 1. The minimum absolute atomic E-state index is 0.0102. The number of urea groups is 1. The molecular weight excluding hydrogens is 226 g/mol. The average molecular weight is 247 g/mol. The molecule has 0 spiro atoms. The van der Waals surface area contributed by atoms with Crippen molar-refractivity contribution < 1.29 is 4.79 Å². The van der Waals surface area contributed by atoms with Crippen LogP contribution in [0.15, 0.2) is 30.3 Å². The van der Waals surface area contributed by atoms with Crippen LogP contribution in [0.4, 0.5) is 4.79 Å². The highest BCUT2D eigenvalue weighted by atomic mass is 16.2. The zero-order chi connectivity index (χ0) is 13.0. The molecule has 4 heteroatoms. The second kappa shape index (κ2) is 5.40. The monoisotopic (exact) mass is 247 g/mol. The molecule has 1 aromatic rings. The van der Waals surface area contributed by atoms with E-state index in [0.29, 0.717) is 13.1 Å². The summed E-state index contributed by atoms with van der Waals surface area (Å²) < 4.78 is 0. The normalized spacial score (nSPS) is 23.1. The molecule has 0 saturated carbocycles. The van der Waals surface area contributed by atoms with Gasteiger partial charge in [0.15, 0.2) is 0 Å². The molecule has 1 aliphatic rings. The molecule has 98 valence electrons. The van der Waals surface area contributed by atoms with Crippen molar-refractivity contribution in [1.29, 1.82) is 0 Å². The SMILES string of the molecule is CC1(CN)CCN(C(=O)NCc2ccccc2)C1. The summed E-state index contributed by atoms with van der Waals surface area (Å²) in [5.74, 6) is 0. The number of hydrogen-bond donors (Lipinski definition) is 2. The molecule has 0 aromatic heterocycles. The molecule has 1 aliphatic heterocycles. The fraction of sp³-hybridized carbons (Fsp3) is 0.500.